The Balaban J connectivity index is 2.29. The first kappa shape index (κ1) is 12.7. The average Bonchev–Trinajstić information content (AvgIpc) is 2.33. The zero-order valence-corrected chi connectivity index (χ0v) is 11.5. The van der Waals surface area contributed by atoms with E-state index in [0.29, 0.717) is 32.2 Å². The first-order chi connectivity index (χ1) is 8.60. The van der Waals surface area contributed by atoms with Crippen LogP contribution in [0.5, 0.6) is 11.5 Å². The number of nitrogens with two attached hydrogens (primary N) is 1. The monoisotopic (exact) mass is 322 g/mol. The van der Waals surface area contributed by atoms with Gasteiger partial charge in [0.2, 0.25) is 0 Å². The SMILES string of the molecule is N#Cc1ccc(Oc2ccc(N)cc2Cl)cc1Br. The van der Waals surface area contributed by atoms with Gasteiger partial charge in [-0.2, -0.15) is 5.26 Å². The van der Waals surface area contributed by atoms with Crippen molar-refractivity contribution in [3.05, 3.63) is 51.5 Å². The molecule has 0 aliphatic carbocycles. The molecule has 0 saturated heterocycles. The lowest BCUT2D eigenvalue weighted by Gasteiger charge is -2.08. The Hall–Kier alpha value is -1.70. The molecule has 0 aliphatic heterocycles. The van der Waals surface area contributed by atoms with Crippen LogP contribution in [-0.2, 0) is 0 Å². The van der Waals surface area contributed by atoms with E-state index < -0.39 is 0 Å². The third kappa shape index (κ3) is 2.76. The molecule has 0 aromatic heterocycles. The van der Waals surface area contributed by atoms with E-state index in [-0.39, 0.29) is 0 Å². The molecule has 0 aliphatic rings. The van der Waals surface area contributed by atoms with Crippen molar-refractivity contribution in [3.63, 3.8) is 0 Å². The highest BCUT2D eigenvalue weighted by Gasteiger charge is 2.06. The van der Waals surface area contributed by atoms with Gasteiger partial charge in [0, 0.05) is 10.2 Å². The van der Waals surface area contributed by atoms with Crippen molar-refractivity contribution in [2.45, 2.75) is 0 Å². The van der Waals surface area contributed by atoms with Crippen LogP contribution in [0.25, 0.3) is 0 Å². The molecule has 5 heteroatoms. The third-order valence-electron chi connectivity index (χ3n) is 2.24. The molecular formula is C13H8BrClN2O. The fourth-order valence-corrected chi connectivity index (χ4v) is 2.05. The van der Waals surface area contributed by atoms with E-state index in [9.17, 15) is 0 Å². The smallest absolute Gasteiger partial charge is 0.146 e. The maximum Gasteiger partial charge on any atom is 0.146 e. The molecular weight excluding hydrogens is 316 g/mol. The topological polar surface area (TPSA) is 59.0 Å². The molecule has 2 aromatic carbocycles. The van der Waals surface area contributed by atoms with Crippen molar-refractivity contribution in [1.82, 2.24) is 0 Å². The molecule has 0 fully saturated rings. The Morgan fingerprint density at radius 1 is 1.22 bits per heavy atom. The van der Waals surface area contributed by atoms with Gasteiger partial charge < -0.3 is 10.5 Å². The minimum Gasteiger partial charge on any atom is -0.456 e. The number of nitrogens with zero attached hydrogens (tertiary/aromatic N) is 1. The Morgan fingerprint density at radius 2 is 2.00 bits per heavy atom. The van der Waals surface area contributed by atoms with Crippen molar-refractivity contribution >= 4 is 33.2 Å². The third-order valence-corrected chi connectivity index (χ3v) is 3.20. The van der Waals surface area contributed by atoms with Gasteiger partial charge in [-0.3, -0.25) is 0 Å². The van der Waals surface area contributed by atoms with Gasteiger partial charge in [-0.1, -0.05) is 11.6 Å². The summed E-state index contributed by atoms with van der Waals surface area (Å²) in [6.45, 7) is 0. The van der Waals surface area contributed by atoms with Gasteiger partial charge in [-0.15, -0.1) is 0 Å². The van der Waals surface area contributed by atoms with Crippen molar-refractivity contribution in [2.75, 3.05) is 5.73 Å². The lowest BCUT2D eigenvalue weighted by atomic mass is 10.2. The number of hydrogen-bond acceptors (Lipinski definition) is 3. The van der Waals surface area contributed by atoms with E-state index in [1.54, 1.807) is 36.4 Å². The summed E-state index contributed by atoms with van der Waals surface area (Å²) >= 11 is 9.30. The van der Waals surface area contributed by atoms with Gasteiger partial charge in [0.25, 0.3) is 0 Å². The van der Waals surface area contributed by atoms with Crippen LogP contribution in [0.3, 0.4) is 0 Å². The molecule has 0 unspecified atom stereocenters. The van der Waals surface area contributed by atoms with Gasteiger partial charge in [0.05, 0.1) is 10.6 Å². The van der Waals surface area contributed by atoms with E-state index in [4.69, 9.17) is 27.3 Å². The molecule has 0 heterocycles. The van der Waals surface area contributed by atoms with E-state index in [1.165, 1.54) is 0 Å². The summed E-state index contributed by atoms with van der Waals surface area (Å²) in [6, 6.07) is 12.2. The highest BCUT2D eigenvalue weighted by atomic mass is 79.9. The standard InChI is InChI=1S/C13H8BrClN2O/c14-11-6-10(3-1-8(11)7-16)18-13-4-2-9(17)5-12(13)15/h1-6H,17H2. The molecule has 0 amide bonds. The largest absolute Gasteiger partial charge is 0.456 e. The number of halogens is 2. The minimum absolute atomic E-state index is 0.440. The number of anilines is 1. The fourth-order valence-electron chi connectivity index (χ4n) is 1.38. The second-order valence-electron chi connectivity index (χ2n) is 3.55. The van der Waals surface area contributed by atoms with Crippen LogP contribution < -0.4 is 10.5 Å². The lowest BCUT2D eigenvalue weighted by Crippen LogP contribution is -1.89. The number of rotatable bonds is 2. The molecule has 2 N–H and O–H groups in total. The van der Waals surface area contributed by atoms with Gasteiger partial charge in [0.15, 0.2) is 0 Å². The maximum absolute atomic E-state index is 8.82. The van der Waals surface area contributed by atoms with Crippen LogP contribution in [0.15, 0.2) is 40.9 Å². The van der Waals surface area contributed by atoms with E-state index in [0.717, 1.165) is 0 Å². The predicted molar refractivity (Wildman–Crippen MR) is 74.8 cm³/mol. The molecule has 0 spiro atoms. The second-order valence-corrected chi connectivity index (χ2v) is 4.81. The molecule has 3 nitrogen and oxygen atoms in total. The molecule has 18 heavy (non-hydrogen) atoms. The highest BCUT2D eigenvalue weighted by molar-refractivity contribution is 9.10. The number of ether oxygens (including phenoxy) is 1. The predicted octanol–water partition coefficient (Wildman–Crippen LogP) is 4.35. The van der Waals surface area contributed by atoms with Crippen LogP contribution in [0.2, 0.25) is 5.02 Å². The van der Waals surface area contributed by atoms with Gasteiger partial charge in [-0.05, 0) is 52.3 Å². The van der Waals surface area contributed by atoms with Gasteiger partial charge in [-0.25, -0.2) is 0 Å². The first-order valence-corrected chi connectivity index (χ1v) is 6.20. The van der Waals surface area contributed by atoms with Crippen LogP contribution in [0.1, 0.15) is 5.56 Å². The summed E-state index contributed by atoms with van der Waals surface area (Å²) in [6.07, 6.45) is 0. The van der Waals surface area contributed by atoms with E-state index in [1.807, 2.05) is 0 Å². The van der Waals surface area contributed by atoms with Crippen LogP contribution in [-0.4, -0.2) is 0 Å². The summed E-state index contributed by atoms with van der Waals surface area (Å²) in [7, 11) is 0. The van der Waals surface area contributed by atoms with E-state index >= 15 is 0 Å². The van der Waals surface area contributed by atoms with Crippen molar-refractivity contribution in [3.8, 4) is 17.6 Å². The van der Waals surface area contributed by atoms with E-state index in [2.05, 4.69) is 22.0 Å². The maximum atomic E-state index is 8.82. The zero-order valence-electron chi connectivity index (χ0n) is 9.15. The molecule has 90 valence electrons. The quantitative estimate of drug-likeness (QED) is 0.836. The van der Waals surface area contributed by atoms with Gasteiger partial charge >= 0.3 is 0 Å². The molecule has 0 bridgehead atoms. The molecule has 0 saturated carbocycles. The summed E-state index contributed by atoms with van der Waals surface area (Å²) in [4.78, 5) is 0. The Labute approximate surface area is 118 Å². The molecule has 2 aromatic rings. The van der Waals surface area contributed by atoms with Crippen LogP contribution >= 0.6 is 27.5 Å². The average molecular weight is 324 g/mol. The molecule has 0 atom stereocenters. The normalized spacial score (nSPS) is 9.83. The first-order valence-electron chi connectivity index (χ1n) is 5.02. The fraction of sp³-hybridized carbons (Fsp3) is 0. The Kier molecular flexibility index (Phi) is 3.75. The minimum atomic E-state index is 0.440. The van der Waals surface area contributed by atoms with Crippen molar-refractivity contribution in [2.24, 2.45) is 0 Å². The van der Waals surface area contributed by atoms with Crippen LogP contribution in [0.4, 0.5) is 5.69 Å². The highest BCUT2D eigenvalue weighted by Crippen LogP contribution is 2.32. The van der Waals surface area contributed by atoms with Gasteiger partial charge in [0.1, 0.15) is 17.6 Å². The summed E-state index contributed by atoms with van der Waals surface area (Å²) in [5.41, 5.74) is 6.72. The molecule has 0 radical (unpaired) electrons. The number of hydrogen-bond donors (Lipinski definition) is 1. The summed E-state index contributed by atoms with van der Waals surface area (Å²) < 4.78 is 6.29. The zero-order chi connectivity index (χ0) is 13.1. The number of nitriles is 1. The lowest BCUT2D eigenvalue weighted by molar-refractivity contribution is 0.482. The number of benzene rings is 2. The van der Waals surface area contributed by atoms with Crippen molar-refractivity contribution in [1.29, 1.82) is 5.26 Å². The summed E-state index contributed by atoms with van der Waals surface area (Å²) in [5, 5.41) is 9.26. The number of nitrogen functional groups attached to an aromatic ring is 1. The second kappa shape index (κ2) is 5.30. The van der Waals surface area contributed by atoms with Crippen molar-refractivity contribution < 1.29 is 4.74 Å². The Bertz CT molecular complexity index is 637. The van der Waals surface area contributed by atoms with Crippen LogP contribution in [0, 0.1) is 11.3 Å². The summed E-state index contributed by atoms with van der Waals surface area (Å²) in [5.74, 6) is 1.11. The molecule has 2 rings (SSSR count). The Morgan fingerprint density at radius 3 is 2.61 bits per heavy atom.